The molecule has 296 valence electrons. The smallest absolute Gasteiger partial charge is 0.0623 e. The van der Waals surface area contributed by atoms with Gasteiger partial charge in [0.05, 0.1) is 16.7 Å². The van der Waals surface area contributed by atoms with Crippen molar-refractivity contribution in [3.05, 3.63) is 230 Å². The summed E-state index contributed by atoms with van der Waals surface area (Å²) >= 11 is 0. The number of hydrogen-bond donors (Lipinski definition) is 0. The quantitative estimate of drug-likeness (QED) is 0.163. The summed E-state index contributed by atoms with van der Waals surface area (Å²) < 4.78 is 2.54. The molecule has 2 heterocycles. The van der Waals surface area contributed by atoms with Crippen molar-refractivity contribution in [3.8, 4) is 61.3 Å². The second-order valence-electron chi connectivity index (χ2n) is 17.7. The van der Waals surface area contributed by atoms with Gasteiger partial charge in [0.25, 0.3) is 0 Å². The van der Waals surface area contributed by atoms with E-state index in [-0.39, 0.29) is 5.41 Å². The van der Waals surface area contributed by atoms with E-state index in [9.17, 15) is 0 Å². The Morgan fingerprint density at radius 3 is 1.83 bits per heavy atom. The molecule has 2 aliphatic rings. The van der Waals surface area contributed by atoms with Crippen molar-refractivity contribution in [2.45, 2.75) is 19.3 Å². The summed E-state index contributed by atoms with van der Waals surface area (Å²) in [4.78, 5) is 2.40. The molecular formula is C61H42N2. The normalized spacial score (nSPS) is 13.0. The van der Waals surface area contributed by atoms with Gasteiger partial charge in [-0.05, 0) is 133 Å². The molecule has 0 radical (unpaired) electrons. The van der Waals surface area contributed by atoms with Crippen LogP contribution in [-0.2, 0) is 5.41 Å². The predicted octanol–water partition coefficient (Wildman–Crippen LogP) is 16.7. The van der Waals surface area contributed by atoms with Crippen molar-refractivity contribution in [1.82, 2.24) is 4.57 Å². The monoisotopic (exact) mass is 802 g/mol. The second-order valence-corrected chi connectivity index (χ2v) is 17.7. The van der Waals surface area contributed by atoms with Crippen LogP contribution in [0.5, 0.6) is 0 Å². The molecular weight excluding hydrogens is 761 g/mol. The Hall–Kier alpha value is -7.94. The highest BCUT2D eigenvalue weighted by molar-refractivity contribution is 6.19. The molecule has 0 saturated carbocycles. The molecule has 13 rings (SSSR count). The molecule has 1 aromatic heterocycles. The molecule has 2 nitrogen and oxygen atoms in total. The molecule has 0 atom stereocenters. The van der Waals surface area contributed by atoms with Crippen LogP contribution in [0.25, 0.3) is 93.9 Å². The molecule has 2 heteroatoms. The first kappa shape index (κ1) is 35.8. The average Bonchev–Trinajstić information content (AvgIpc) is 3.75. The Kier molecular flexibility index (Phi) is 7.68. The highest BCUT2D eigenvalue weighted by Gasteiger charge is 2.41. The summed E-state index contributed by atoms with van der Waals surface area (Å²) in [5, 5.41) is 5.04. The van der Waals surface area contributed by atoms with Crippen molar-refractivity contribution in [1.29, 1.82) is 0 Å². The van der Waals surface area contributed by atoms with Crippen LogP contribution < -0.4 is 4.90 Å². The number of fused-ring (bicyclic) bond motifs is 7. The second kappa shape index (κ2) is 13.5. The van der Waals surface area contributed by atoms with Gasteiger partial charge in [-0.3, -0.25) is 0 Å². The van der Waals surface area contributed by atoms with E-state index in [0.29, 0.717) is 0 Å². The number of anilines is 3. The van der Waals surface area contributed by atoms with Crippen molar-refractivity contribution in [2.24, 2.45) is 0 Å². The van der Waals surface area contributed by atoms with Gasteiger partial charge in [0.2, 0.25) is 0 Å². The minimum absolute atomic E-state index is 0.175. The first-order chi connectivity index (χ1) is 31.0. The van der Waals surface area contributed by atoms with E-state index in [2.05, 4.69) is 242 Å². The molecule has 0 unspecified atom stereocenters. The van der Waals surface area contributed by atoms with Crippen molar-refractivity contribution in [2.75, 3.05) is 4.90 Å². The zero-order chi connectivity index (χ0) is 41.8. The fraction of sp³-hybridized carbons (Fsp3) is 0.0492. The van der Waals surface area contributed by atoms with E-state index in [0.717, 1.165) is 17.1 Å². The minimum Gasteiger partial charge on any atom is -0.310 e. The van der Waals surface area contributed by atoms with E-state index < -0.39 is 0 Å². The lowest BCUT2D eigenvalue weighted by molar-refractivity contribution is 0.661. The van der Waals surface area contributed by atoms with Gasteiger partial charge in [-0.25, -0.2) is 0 Å². The van der Waals surface area contributed by atoms with Gasteiger partial charge in [0.1, 0.15) is 0 Å². The molecule has 11 aromatic rings. The van der Waals surface area contributed by atoms with Crippen LogP contribution in [-0.4, -0.2) is 4.57 Å². The summed E-state index contributed by atoms with van der Waals surface area (Å²) in [6.45, 7) is 4.83. The first-order valence-electron chi connectivity index (χ1n) is 22.0. The van der Waals surface area contributed by atoms with E-state index in [1.54, 1.807) is 0 Å². The summed E-state index contributed by atoms with van der Waals surface area (Å²) in [5.41, 5.74) is 22.4. The third kappa shape index (κ3) is 5.38. The maximum Gasteiger partial charge on any atom is 0.0623 e. The zero-order valence-electron chi connectivity index (χ0n) is 35.2. The fourth-order valence-electron chi connectivity index (χ4n) is 10.8. The summed E-state index contributed by atoms with van der Waals surface area (Å²) in [6.07, 6.45) is 0. The molecule has 0 fully saturated rings. The molecule has 1 aliphatic carbocycles. The highest BCUT2D eigenvalue weighted by atomic mass is 15.1. The first-order valence-corrected chi connectivity index (χ1v) is 22.0. The standard InChI is InChI=1S/C61H42N2/c1-61(2)54-33-32-52-50-20-9-11-22-56(50)63-57-23-12-10-21-51(57)53-37-46(38-55(61)58(53)59(54)60(52)63)44-25-24-42-28-31-49(36-45(42)34-44)62(47-29-26-41(27-30-47)39-14-5-3-6-15-39)48-19-13-18-43(35-48)40-16-7-4-8-17-40/h3-38H,1-2H3. The summed E-state index contributed by atoms with van der Waals surface area (Å²) in [5.74, 6) is 0. The van der Waals surface area contributed by atoms with Crippen LogP contribution >= 0.6 is 0 Å². The summed E-state index contributed by atoms with van der Waals surface area (Å²) in [6, 6.07) is 80.7. The molecule has 1 aliphatic heterocycles. The molecule has 10 aromatic carbocycles. The Labute approximate surface area is 367 Å². The number of para-hydroxylation sites is 2. The Bertz CT molecular complexity index is 3630. The molecule has 0 bridgehead atoms. The number of nitrogens with zero attached hydrogens (tertiary/aromatic N) is 2. The van der Waals surface area contributed by atoms with Gasteiger partial charge >= 0.3 is 0 Å². The maximum atomic E-state index is 2.54. The maximum absolute atomic E-state index is 2.54. The minimum atomic E-state index is -0.175. The number of aromatic nitrogens is 1. The predicted molar refractivity (Wildman–Crippen MR) is 266 cm³/mol. The number of benzene rings is 10. The van der Waals surface area contributed by atoms with Gasteiger partial charge in [-0.1, -0.05) is 166 Å². The highest BCUT2D eigenvalue weighted by Crippen LogP contribution is 2.59. The Morgan fingerprint density at radius 1 is 0.365 bits per heavy atom. The fourth-order valence-corrected chi connectivity index (χ4v) is 10.8. The number of hydrogen-bond acceptors (Lipinski definition) is 1. The van der Waals surface area contributed by atoms with Gasteiger partial charge in [0.15, 0.2) is 0 Å². The van der Waals surface area contributed by atoms with Gasteiger partial charge < -0.3 is 9.47 Å². The van der Waals surface area contributed by atoms with Crippen LogP contribution in [0.1, 0.15) is 25.0 Å². The van der Waals surface area contributed by atoms with Gasteiger partial charge in [-0.15, -0.1) is 0 Å². The SMILES string of the molecule is CC1(C)c2cc(-c3ccc4ccc(N(c5ccc(-c6ccccc6)cc5)c5cccc(-c6ccccc6)c5)cc4c3)cc3c2-c2c1ccc1c4ccccc4n(c21)-c1ccccc1-3. The van der Waals surface area contributed by atoms with Crippen molar-refractivity contribution in [3.63, 3.8) is 0 Å². The van der Waals surface area contributed by atoms with E-state index in [1.807, 2.05) is 0 Å². The average molecular weight is 803 g/mol. The zero-order valence-corrected chi connectivity index (χ0v) is 35.2. The summed E-state index contributed by atoms with van der Waals surface area (Å²) in [7, 11) is 0. The van der Waals surface area contributed by atoms with E-state index in [4.69, 9.17) is 0 Å². The lowest BCUT2D eigenvalue weighted by Gasteiger charge is -2.27. The third-order valence-corrected chi connectivity index (χ3v) is 13.9. The van der Waals surface area contributed by atoms with Crippen LogP contribution in [0, 0.1) is 0 Å². The van der Waals surface area contributed by atoms with E-state index >= 15 is 0 Å². The van der Waals surface area contributed by atoms with Crippen molar-refractivity contribution >= 4 is 49.6 Å². The largest absolute Gasteiger partial charge is 0.310 e. The van der Waals surface area contributed by atoms with Gasteiger partial charge in [-0.2, -0.15) is 0 Å². The lowest BCUT2D eigenvalue weighted by atomic mass is 9.80. The molecule has 0 N–H and O–H groups in total. The third-order valence-electron chi connectivity index (χ3n) is 13.9. The Morgan fingerprint density at radius 2 is 1.00 bits per heavy atom. The van der Waals surface area contributed by atoms with Crippen LogP contribution in [0.2, 0.25) is 0 Å². The lowest BCUT2D eigenvalue weighted by Crippen LogP contribution is -2.15. The molecule has 0 saturated heterocycles. The number of rotatable bonds is 6. The molecule has 0 amide bonds. The Balaban J connectivity index is 0.980. The van der Waals surface area contributed by atoms with Crippen molar-refractivity contribution < 1.29 is 0 Å². The van der Waals surface area contributed by atoms with Crippen LogP contribution in [0.15, 0.2) is 218 Å². The topological polar surface area (TPSA) is 8.17 Å². The van der Waals surface area contributed by atoms with Crippen LogP contribution in [0.3, 0.4) is 0 Å². The van der Waals surface area contributed by atoms with Crippen LogP contribution in [0.4, 0.5) is 17.1 Å². The van der Waals surface area contributed by atoms with E-state index in [1.165, 1.54) is 105 Å². The molecule has 0 spiro atoms. The molecule has 63 heavy (non-hydrogen) atoms. The van der Waals surface area contributed by atoms with Gasteiger partial charge in [0, 0.05) is 44.4 Å².